The average molecular weight is 375 g/mol. The Labute approximate surface area is 160 Å². The average Bonchev–Trinajstić information content (AvgIpc) is 2.57. The molecule has 8 nitrogen and oxygen atoms in total. The van der Waals surface area contributed by atoms with Gasteiger partial charge in [0.05, 0.1) is 6.04 Å². The van der Waals surface area contributed by atoms with Crippen LogP contribution in [0.2, 0.25) is 0 Å². The fraction of sp³-hybridized carbons (Fsp3) is 0.684. The predicted octanol–water partition coefficient (Wildman–Crippen LogP) is 2.14. The summed E-state index contributed by atoms with van der Waals surface area (Å²) in [6.07, 6.45) is 3.63. The molecule has 3 heterocycles. The van der Waals surface area contributed by atoms with E-state index in [0.717, 1.165) is 18.7 Å². The number of amides is 2. The minimum atomic E-state index is -0.475. The number of carbonyl (C=O) groups is 2. The van der Waals surface area contributed by atoms with Crippen molar-refractivity contribution in [1.82, 2.24) is 20.0 Å². The molecule has 0 aliphatic carbocycles. The number of piperidine rings is 1. The number of rotatable bonds is 4. The Kier molecular flexibility index (Phi) is 5.82. The van der Waals surface area contributed by atoms with Crippen molar-refractivity contribution in [2.45, 2.75) is 51.7 Å². The van der Waals surface area contributed by atoms with E-state index in [0.29, 0.717) is 38.5 Å². The van der Waals surface area contributed by atoms with Crippen LogP contribution in [0.4, 0.5) is 10.6 Å². The van der Waals surface area contributed by atoms with Crippen LogP contribution in [0.15, 0.2) is 18.3 Å². The van der Waals surface area contributed by atoms with Gasteiger partial charge in [-0.3, -0.25) is 4.79 Å². The van der Waals surface area contributed by atoms with Gasteiger partial charge in [0.15, 0.2) is 0 Å². The Morgan fingerprint density at radius 3 is 2.52 bits per heavy atom. The summed E-state index contributed by atoms with van der Waals surface area (Å²) < 4.78 is 5.41. The van der Waals surface area contributed by atoms with Crippen LogP contribution in [-0.4, -0.2) is 69.8 Å². The molecular weight excluding hydrogens is 346 g/mol. The SMILES string of the molecule is CC(C)(C)OC(=O)N1CCC(CC(=O)N2CC(Nc3cccnn3)C2)CC1. The maximum atomic E-state index is 12.5. The molecule has 8 heteroatoms. The fourth-order valence-electron chi connectivity index (χ4n) is 3.38. The van der Waals surface area contributed by atoms with Gasteiger partial charge in [-0.1, -0.05) is 0 Å². The van der Waals surface area contributed by atoms with E-state index in [1.807, 2.05) is 37.8 Å². The van der Waals surface area contributed by atoms with E-state index in [-0.39, 0.29) is 18.0 Å². The lowest BCUT2D eigenvalue weighted by molar-refractivity contribution is -0.136. The van der Waals surface area contributed by atoms with Gasteiger partial charge in [0.2, 0.25) is 5.91 Å². The number of hydrogen-bond acceptors (Lipinski definition) is 6. The highest BCUT2D eigenvalue weighted by molar-refractivity contribution is 5.77. The maximum Gasteiger partial charge on any atom is 0.410 e. The highest BCUT2D eigenvalue weighted by Gasteiger charge is 2.33. The minimum absolute atomic E-state index is 0.197. The Hall–Kier alpha value is -2.38. The van der Waals surface area contributed by atoms with E-state index in [4.69, 9.17) is 4.74 Å². The molecule has 1 aromatic heterocycles. The summed E-state index contributed by atoms with van der Waals surface area (Å²) in [6, 6.07) is 3.94. The van der Waals surface area contributed by atoms with Gasteiger partial charge >= 0.3 is 6.09 Å². The molecule has 2 aliphatic heterocycles. The highest BCUT2D eigenvalue weighted by atomic mass is 16.6. The van der Waals surface area contributed by atoms with Crippen LogP contribution in [0.25, 0.3) is 0 Å². The second kappa shape index (κ2) is 8.10. The van der Waals surface area contributed by atoms with Crippen molar-refractivity contribution in [2.24, 2.45) is 5.92 Å². The molecule has 2 aliphatic rings. The van der Waals surface area contributed by atoms with Gasteiger partial charge in [-0.05, 0) is 51.7 Å². The molecule has 0 radical (unpaired) electrons. The second-order valence-electron chi connectivity index (χ2n) is 8.36. The monoisotopic (exact) mass is 375 g/mol. The van der Waals surface area contributed by atoms with Crippen LogP contribution >= 0.6 is 0 Å². The van der Waals surface area contributed by atoms with Gasteiger partial charge in [-0.2, -0.15) is 5.10 Å². The Bertz CT molecular complexity index is 647. The Balaban J connectivity index is 1.35. The van der Waals surface area contributed by atoms with Crippen molar-refractivity contribution in [2.75, 3.05) is 31.5 Å². The summed E-state index contributed by atoms with van der Waals surface area (Å²) in [4.78, 5) is 28.2. The first-order chi connectivity index (χ1) is 12.8. The number of nitrogens with one attached hydrogen (secondary N) is 1. The summed E-state index contributed by atoms with van der Waals surface area (Å²) >= 11 is 0. The second-order valence-corrected chi connectivity index (χ2v) is 8.36. The molecule has 2 saturated heterocycles. The molecule has 1 aromatic rings. The number of hydrogen-bond donors (Lipinski definition) is 1. The zero-order valence-corrected chi connectivity index (χ0v) is 16.4. The lowest BCUT2D eigenvalue weighted by Gasteiger charge is -2.41. The van der Waals surface area contributed by atoms with Gasteiger partial charge in [0.25, 0.3) is 0 Å². The fourth-order valence-corrected chi connectivity index (χ4v) is 3.38. The molecule has 2 amide bonds. The zero-order valence-electron chi connectivity index (χ0n) is 16.4. The predicted molar refractivity (Wildman–Crippen MR) is 101 cm³/mol. The molecule has 0 spiro atoms. The third-order valence-electron chi connectivity index (χ3n) is 4.89. The topological polar surface area (TPSA) is 87.7 Å². The number of aromatic nitrogens is 2. The number of nitrogens with zero attached hydrogens (tertiary/aromatic N) is 4. The van der Waals surface area contributed by atoms with Crippen LogP contribution in [0.5, 0.6) is 0 Å². The van der Waals surface area contributed by atoms with Crippen LogP contribution < -0.4 is 5.32 Å². The van der Waals surface area contributed by atoms with Crippen molar-refractivity contribution in [3.8, 4) is 0 Å². The molecule has 0 unspecified atom stereocenters. The van der Waals surface area contributed by atoms with Crippen molar-refractivity contribution in [1.29, 1.82) is 0 Å². The summed E-state index contributed by atoms with van der Waals surface area (Å²) in [7, 11) is 0. The molecule has 0 aromatic carbocycles. The van der Waals surface area contributed by atoms with Crippen molar-refractivity contribution < 1.29 is 14.3 Å². The number of ether oxygens (including phenoxy) is 1. The molecule has 27 heavy (non-hydrogen) atoms. The molecule has 148 valence electrons. The minimum Gasteiger partial charge on any atom is -0.444 e. The first kappa shape index (κ1) is 19.4. The van der Waals surface area contributed by atoms with Crippen LogP contribution in [0.3, 0.4) is 0 Å². The molecule has 0 bridgehead atoms. The molecule has 0 atom stereocenters. The van der Waals surface area contributed by atoms with Gasteiger partial charge < -0.3 is 19.9 Å². The number of carbonyl (C=O) groups excluding carboxylic acids is 2. The van der Waals surface area contributed by atoms with Crippen molar-refractivity contribution >= 4 is 17.8 Å². The van der Waals surface area contributed by atoms with Gasteiger partial charge in [0, 0.05) is 38.8 Å². The largest absolute Gasteiger partial charge is 0.444 e. The lowest BCUT2D eigenvalue weighted by Crippen LogP contribution is -2.57. The van der Waals surface area contributed by atoms with E-state index >= 15 is 0 Å². The molecule has 3 rings (SSSR count). The Morgan fingerprint density at radius 2 is 1.93 bits per heavy atom. The molecule has 0 saturated carbocycles. The maximum absolute atomic E-state index is 12.5. The van der Waals surface area contributed by atoms with E-state index in [1.165, 1.54) is 0 Å². The first-order valence-corrected chi connectivity index (χ1v) is 9.60. The van der Waals surface area contributed by atoms with E-state index in [9.17, 15) is 9.59 Å². The van der Waals surface area contributed by atoms with Crippen LogP contribution in [-0.2, 0) is 9.53 Å². The molecule has 1 N–H and O–H groups in total. The summed E-state index contributed by atoms with van der Waals surface area (Å²) in [5.41, 5.74) is -0.475. The first-order valence-electron chi connectivity index (χ1n) is 9.60. The van der Waals surface area contributed by atoms with E-state index < -0.39 is 5.60 Å². The molecule has 2 fully saturated rings. The quantitative estimate of drug-likeness (QED) is 0.867. The number of anilines is 1. The summed E-state index contributed by atoms with van der Waals surface area (Å²) in [5, 5.41) is 11.1. The third-order valence-corrected chi connectivity index (χ3v) is 4.89. The Morgan fingerprint density at radius 1 is 1.22 bits per heavy atom. The van der Waals surface area contributed by atoms with Crippen molar-refractivity contribution in [3.63, 3.8) is 0 Å². The zero-order chi connectivity index (χ0) is 19.4. The summed E-state index contributed by atoms with van der Waals surface area (Å²) in [6.45, 7) is 8.33. The smallest absolute Gasteiger partial charge is 0.410 e. The summed E-state index contributed by atoms with van der Waals surface area (Å²) in [5.74, 6) is 1.27. The normalized spacial score (nSPS) is 18.8. The lowest BCUT2D eigenvalue weighted by atomic mass is 9.92. The van der Waals surface area contributed by atoms with Gasteiger partial charge in [0.1, 0.15) is 11.4 Å². The standard InChI is InChI=1S/C19H29N5O3/c1-19(2,3)27-18(26)23-9-6-14(7-10-23)11-17(25)24-12-15(13-24)21-16-5-4-8-20-22-16/h4-5,8,14-15H,6-7,9-13H2,1-3H3,(H,21,22). The highest BCUT2D eigenvalue weighted by Crippen LogP contribution is 2.24. The third kappa shape index (κ3) is 5.55. The number of likely N-dealkylation sites (tertiary alicyclic amines) is 2. The van der Waals surface area contributed by atoms with Gasteiger partial charge in [-0.15, -0.1) is 5.10 Å². The molecular formula is C19H29N5O3. The van der Waals surface area contributed by atoms with Crippen molar-refractivity contribution in [3.05, 3.63) is 18.3 Å². The van der Waals surface area contributed by atoms with Gasteiger partial charge in [-0.25, -0.2) is 4.79 Å². The van der Waals surface area contributed by atoms with E-state index in [1.54, 1.807) is 11.1 Å². The van der Waals surface area contributed by atoms with Crippen LogP contribution in [0.1, 0.15) is 40.0 Å². The van der Waals surface area contributed by atoms with E-state index in [2.05, 4.69) is 15.5 Å². The van der Waals surface area contributed by atoms with Crippen LogP contribution in [0, 0.1) is 5.92 Å².